The van der Waals surface area contributed by atoms with Crippen LogP contribution in [-0.4, -0.2) is 18.2 Å². The fraction of sp³-hybridized carbons (Fsp3) is 0.273. The van der Waals surface area contributed by atoms with Crippen LogP contribution in [0.2, 0.25) is 0 Å². The van der Waals surface area contributed by atoms with Crippen LogP contribution in [0.25, 0.3) is 0 Å². The highest BCUT2D eigenvalue weighted by molar-refractivity contribution is 5.89. The van der Waals surface area contributed by atoms with E-state index in [1.165, 1.54) is 6.07 Å². The lowest BCUT2D eigenvalue weighted by atomic mass is 10.3. The van der Waals surface area contributed by atoms with E-state index in [4.69, 9.17) is 10.5 Å². The summed E-state index contributed by atoms with van der Waals surface area (Å²) in [6.45, 7) is 0. The Kier molecular flexibility index (Phi) is 3.13. The third-order valence-electron chi connectivity index (χ3n) is 2.22. The standard InChI is InChI=1S/C11H13N3O3/c12-10(15)17-9-3-1-2-8(6-9)14-11(16)13-7-4-5-7/h1-3,6-7H,4-5H2,(H2,12,15)(H2,13,14,16). The molecule has 1 aromatic carbocycles. The monoisotopic (exact) mass is 235 g/mol. The maximum Gasteiger partial charge on any atom is 0.409 e. The van der Waals surface area contributed by atoms with E-state index in [0.717, 1.165) is 12.8 Å². The summed E-state index contributed by atoms with van der Waals surface area (Å²) >= 11 is 0. The molecule has 1 aliphatic rings. The molecule has 0 bridgehead atoms. The Morgan fingerprint density at radius 3 is 2.76 bits per heavy atom. The van der Waals surface area contributed by atoms with Crippen molar-refractivity contribution in [3.05, 3.63) is 24.3 Å². The maximum atomic E-state index is 11.4. The van der Waals surface area contributed by atoms with Crippen LogP contribution in [0.4, 0.5) is 15.3 Å². The first-order chi connectivity index (χ1) is 8.13. The van der Waals surface area contributed by atoms with E-state index in [1.807, 2.05) is 0 Å². The molecule has 2 rings (SSSR count). The molecular formula is C11H13N3O3. The zero-order valence-electron chi connectivity index (χ0n) is 9.10. The van der Waals surface area contributed by atoms with Crippen LogP contribution in [0.1, 0.15) is 12.8 Å². The van der Waals surface area contributed by atoms with Gasteiger partial charge in [0.1, 0.15) is 5.75 Å². The summed E-state index contributed by atoms with van der Waals surface area (Å²) in [5, 5.41) is 5.42. The van der Waals surface area contributed by atoms with Crippen molar-refractivity contribution in [3.63, 3.8) is 0 Å². The number of benzene rings is 1. The molecule has 0 spiro atoms. The minimum atomic E-state index is -0.885. The summed E-state index contributed by atoms with van der Waals surface area (Å²) < 4.78 is 4.70. The molecule has 3 amide bonds. The van der Waals surface area contributed by atoms with E-state index in [2.05, 4.69) is 10.6 Å². The molecule has 0 aliphatic heterocycles. The number of hydrogen-bond acceptors (Lipinski definition) is 3. The van der Waals surface area contributed by atoms with Crippen molar-refractivity contribution in [3.8, 4) is 5.75 Å². The second kappa shape index (κ2) is 4.73. The number of carbonyl (C=O) groups excluding carboxylic acids is 2. The quantitative estimate of drug-likeness (QED) is 0.739. The van der Waals surface area contributed by atoms with Gasteiger partial charge < -0.3 is 21.1 Å². The fourth-order valence-corrected chi connectivity index (χ4v) is 1.33. The molecule has 0 radical (unpaired) electrons. The summed E-state index contributed by atoms with van der Waals surface area (Å²) in [4.78, 5) is 22.0. The van der Waals surface area contributed by atoms with Crippen LogP contribution in [0.3, 0.4) is 0 Å². The van der Waals surface area contributed by atoms with Crippen molar-refractivity contribution in [2.45, 2.75) is 18.9 Å². The first-order valence-electron chi connectivity index (χ1n) is 5.28. The molecule has 0 heterocycles. The Hall–Kier alpha value is -2.24. The molecule has 1 aliphatic carbocycles. The van der Waals surface area contributed by atoms with E-state index >= 15 is 0 Å². The average Bonchev–Trinajstić information content (AvgIpc) is 3.00. The Morgan fingerprint density at radius 2 is 2.12 bits per heavy atom. The minimum absolute atomic E-state index is 0.260. The summed E-state index contributed by atoms with van der Waals surface area (Å²) in [6, 6.07) is 6.49. The zero-order chi connectivity index (χ0) is 12.3. The number of nitrogens with one attached hydrogen (secondary N) is 2. The topological polar surface area (TPSA) is 93.5 Å². The number of carbonyl (C=O) groups is 2. The van der Waals surface area contributed by atoms with Gasteiger partial charge in [0.05, 0.1) is 0 Å². The smallest absolute Gasteiger partial charge is 0.409 e. The van der Waals surface area contributed by atoms with E-state index in [0.29, 0.717) is 17.5 Å². The molecule has 17 heavy (non-hydrogen) atoms. The van der Waals surface area contributed by atoms with Crippen LogP contribution in [-0.2, 0) is 0 Å². The largest absolute Gasteiger partial charge is 0.410 e. The van der Waals surface area contributed by atoms with Gasteiger partial charge in [-0.2, -0.15) is 0 Å². The average molecular weight is 235 g/mol. The molecule has 0 atom stereocenters. The van der Waals surface area contributed by atoms with Gasteiger partial charge >= 0.3 is 12.1 Å². The van der Waals surface area contributed by atoms with Crippen molar-refractivity contribution in [2.75, 3.05) is 5.32 Å². The van der Waals surface area contributed by atoms with Gasteiger partial charge in [-0.1, -0.05) is 6.07 Å². The summed E-state index contributed by atoms with van der Waals surface area (Å²) in [5.41, 5.74) is 5.43. The molecule has 1 saturated carbocycles. The highest BCUT2D eigenvalue weighted by atomic mass is 16.5. The van der Waals surface area contributed by atoms with Gasteiger partial charge in [-0.15, -0.1) is 0 Å². The van der Waals surface area contributed by atoms with Crippen LogP contribution >= 0.6 is 0 Å². The molecule has 6 heteroatoms. The molecule has 1 fully saturated rings. The lowest BCUT2D eigenvalue weighted by Gasteiger charge is -2.07. The van der Waals surface area contributed by atoms with Gasteiger partial charge in [0, 0.05) is 17.8 Å². The van der Waals surface area contributed by atoms with E-state index in [-0.39, 0.29) is 6.03 Å². The van der Waals surface area contributed by atoms with Crippen molar-refractivity contribution in [2.24, 2.45) is 5.73 Å². The second-order valence-electron chi connectivity index (χ2n) is 3.82. The first-order valence-corrected chi connectivity index (χ1v) is 5.28. The number of hydrogen-bond donors (Lipinski definition) is 3. The molecule has 0 saturated heterocycles. The number of ether oxygens (including phenoxy) is 1. The molecule has 1 aromatic rings. The van der Waals surface area contributed by atoms with Crippen molar-refractivity contribution in [1.82, 2.24) is 5.32 Å². The Balaban J connectivity index is 1.94. The third kappa shape index (κ3) is 3.67. The van der Waals surface area contributed by atoms with Crippen LogP contribution in [0, 0.1) is 0 Å². The lowest BCUT2D eigenvalue weighted by Crippen LogP contribution is -2.30. The normalized spacial score (nSPS) is 13.9. The number of urea groups is 1. The van der Waals surface area contributed by atoms with Gasteiger partial charge in [0.2, 0.25) is 0 Å². The van der Waals surface area contributed by atoms with Gasteiger partial charge in [0.25, 0.3) is 0 Å². The zero-order valence-corrected chi connectivity index (χ0v) is 9.10. The highest BCUT2D eigenvalue weighted by Crippen LogP contribution is 2.20. The summed E-state index contributed by atoms with van der Waals surface area (Å²) in [7, 11) is 0. The minimum Gasteiger partial charge on any atom is -0.410 e. The molecule has 0 aromatic heterocycles. The Labute approximate surface area is 98.1 Å². The predicted octanol–water partition coefficient (Wildman–Crippen LogP) is 1.43. The van der Waals surface area contributed by atoms with Crippen LogP contribution in [0.15, 0.2) is 24.3 Å². The highest BCUT2D eigenvalue weighted by Gasteiger charge is 2.23. The van der Waals surface area contributed by atoms with Crippen molar-refractivity contribution < 1.29 is 14.3 Å². The summed E-state index contributed by atoms with van der Waals surface area (Å²) in [5.74, 6) is 0.293. The first kappa shape index (κ1) is 11.3. The van der Waals surface area contributed by atoms with Crippen molar-refractivity contribution in [1.29, 1.82) is 0 Å². The van der Waals surface area contributed by atoms with Gasteiger partial charge in [0.15, 0.2) is 0 Å². The fourth-order valence-electron chi connectivity index (χ4n) is 1.33. The molecule has 4 N–H and O–H groups in total. The molecule has 0 unspecified atom stereocenters. The van der Waals surface area contributed by atoms with E-state index in [1.54, 1.807) is 18.2 Å². The number of amides is 3. The van der Waals surface area contributed by atoms with Crippen molar-refractivity contribution >= 4 is 17.8 Å². The van der Waals surface area contributed by atoms with Gasteiger partial charge in [-0.3, -0.25) is 0 Å². The Bertz CT molecular complexity index is 443. The third-order valence-corrected chi connectivity index (χ3v) is 2.22. The van der Waals surface area contributed by atoms with Gasteiger partial charge in [-0.05, 0) is 25.0 Å². The molecule has 90 valence electrons. The van der Waals surface area contributed by atoms with Crippen LogP contribution in [0.5, 0.6) is 5.75 Å². The van der Waals surface area contributed by atoms with E-state index in [9.17, 15) is 9.59 Å². The SMILES string of the molecule is NC(=O)Oc1cccc(NC(=O)NC2CC2)c1. The number of rotatable bonds is 3. The Morgan fingerprint density at radius 1 is 1.35 bits per heavy atom. The molecular weight excluding hydrogens is 222 g/mol. The summed E-state index contributed by atoms with van der Waals surface area (Å²) in [6.07, 6.45) is 1.17. The molecule has 6 nitrogen and oxygen atoms in total. The second-order valence-corrected chi connectivity index (χ2v) is 3.82. The number of primary amides is 1. The number of nitrogens with two attached hydrogens (primary N) is 1. The predicted molar refractivity (Wildman–Crippen MR) is 61.8 cm³/mol. The van der Waals surface area contributed by atoms with E-state index < -0.39 is 6.09 Å². The maximum absolute atomic E-state index is 11.4. The van der Waals surface area contributed by atoms with Gasteiger partial charge in [-0.25, -0.2) is 9.59 Å². The lowest BCUT2D eigenvalue weighted by molar-refractivity contribution is 0.211. The number of anilines is 1. The van der Waals surface area contributed by atoms with Crippen LogP contribution < -0.4 is 21.1 Å².